The van der Waals surface area contributed by atoms with Gasteiger partial charge >= 0.3 is 0 Å². The lowest BCUT2D eigenvalue weighted by atomic mass is 10.0. The predicted octanol–water partition coefficient (Wildman–Crippen LogP) is 3.77. The number of carbonyl (C=O) groups is 2. The molecule has 0 atom stereocenters. The molecule has 0 amide bonds. The first kappa shape index (κ1) is 19.6. The van der Waals surface area contributed by atoms with Gasteiger partial charge in [-0.1, -0.05) is 30.3 Å². The third kappa shape index (κ3) is 5.65. The second-order valence-electron chi connectivity index (χ2n) is 6.75. The molecule has 2 aromatic rings. The number of ketones is 2. The molecule has 0 heterocycles. The SMILES string of the molecule is O=C(CC(=O)C1CC1)c1ccc(N(Cl)CS(=O)(=O)Cc2ccccc2)cc1. The Morgan fingerprint density at radius 1 is 1.00 bits per heavy atom. The average molecular weight is 406 g/mol. The summed E-state index contributed by atoms with van der Waals surface area (Å²) in [5.41, 5.74) is 1.59. The molecule has 0 bridgehead atoms. The molecule has 7 heteroatoms. The van der Waals surface area contributed by atoms with Crippen molar-refractivity contribution in [2.45, 2.75) is 25.0 Å². The number of Topliss-reactive ketones (excluding diaryl/α,β-unsaturated/α-hetero) is 2. The van der Waals surface area contributed by atoms with Crippen molar-refractivity contribution in [1.82, 2.24) is 0 Å². The molecule has 0 aromatic heterocycles. The molecule has 5 nitrogen and oxygen atoms in total. The molecule has 1 saturated carbocycles. The maximum Gasteiger partial charge on any atom is 0.173 e. The number of carbonyl (C=O) groups excluding carboxylic acids is 2. The minimum absolute atomic E-state index is 0.00458. The lowest BCUT2D eigenvalue weighted by Gasteiger charge is -2.16. The number of nitrogens with zero attached hydrogens (tertiary/aromatic N) is 1. The summed E-state index contributed by atoms with van der Waals surface area (Å²) in [7, 11) is -3.44. The van der Waals surface area contributed by atoms with Gasteiger partial charge in [-0.2, -0.15) is 0 Å². The van der Waals surface area contributed by atoms with Crippen molar-refractivity contribution in [3.8, 4) is 0 Å². The Kier molecular flexibility index (Phi) is 5.97. The van der Waals surface area contributed by atoms with Crippen LogP contribution in [0.25, 0.3) is 0 Å². The predicted molar refractivity (Wildman–Crippen MR) is 105 cm³/mol. The van der Waals surface area contributed by atoms with Crippen molar-refractivity contribution in [1.29, 1.82) is 0 Å². The third-order valence-electron chi connectivity index (χ3n) is 4.38. The van der Waals surface area contributed by atoms with Crippen molar-refractivity contribution in [3.05, 3.63) is 65.7 Å². The fraction of sp³-hybridized carbons (Fsp3) is 0.300. The monoisotopic (exact) mass is 405 g/mol. The van der Waals surface area contributed by atoms with Crippen LogP contribution in [0.1, 0.15) is 35.2 Å². The van der Waals surface area contributed by atoms with Gasteiger partial charge in [0.1, 0.15) is 11.7 Å². The number of anilines is 1. The summed E-state index contributed by atoms with van der Waals surface area (Å²) in [6, 6.07) is 15.2. The fourth-order valence-corrected chi connectivity index (χ4v) is 4.58. The van der Waals surface area contributed by atoms with E-state index in [2.05, 4.69) is 0 Å². The van der Waals surface area contributed by atoms with Gasteiger partial charge in [0.15, 0.2) is 15.6 Å². The Hall–Kier alpha value is -2.18. The van der Waals surface area contributed by atoms with Gasteiger partial charge in [-0.15, -0.1) is 0 Å². The van der Waals surface area contributed by atoms with Gasteiger partial charge in [-0.25, -0.2) is 8.42 Å². The minimum atomic E-state index is -3.44. The van der Waals surface area contributed by atoms with Crippen LogP contribution in [-0.4, -0.2) is 25.9 Å². The van der Waals surface area contributed by atoms with Crippen molar-refractivity contribution in [2.24, 2.45) is 5.92 Å². The highest BCUT2D eigenvalue weighted by Crippen LogP contribution is 2.31. The summed E-state index contributed by atoms with van der Waals surface area (Å²) in [6.07, 6.45) is 1.67. The zero-order valence-electron chi connectivity index (χ0n) is 14.7. The lowest BCUT2D eigenvalue weighted by molar-refractivity contribution is -0.119. The van der Waals surface area contributed by atoms with Crippen LogP contribution in [0.5, 0.6) is 0 Å². The van der Waals surface area contributed by atoms with Crippen LogP contribution < -0.4 is 4.42 Å². The number of benzene rings is 2. The topological polar surface area (TPSA) is 71.5 Å². The smallest absolute Gasteiger partial charge is 0.173 e. The molecule has 142 valence electrons. The van der Waals surface area contributed by atoms with Crippen LogP contribution in [0.2, 0.25) is 0 Å². The highest BCUT2D eigenvalue weighted by Gasteiger charge is 2.30. The first-order valence-electron chi connectivity index (χ1n) is 8.68. The number of hydrogen-bond acceptors (Lipinski definition) is 5. The lowest BCUT2D eigenvalue weighted by Crippen LogP contribution is -2.22. The van der Waals surface area contributed by atoms with E-state index in [1.807, 2.05) is 6.07 Å². The summed E-state index contributed by atoms with van der Waals surface area (Å²) >= 11 is 6.14. The summed E-state index contributed by atoms with van der Waals surface area (Å²) in [5, 5.41) is 0. The van der Waals surface area contributed by atoms with Crippen molar-refractivity contribution in [3.63, 3.8) is 0 Å². The number of hydrogen-bond donors (Lipinski definition) is 0. The average Bonchev–Trinajstić information content (AvgIpc) is 3.47. The van der Waals surface area contributed by atoms with E-state index in [1.165, 1.54) is 0 Å². The van der Waals surface area contributed by atoms with E-state index < -0.39 is 9.84 Å². The first-order valence-corrected chi connectivity index (χ1v) is 10.8. The third-order valence-corrected chi connectivity index (χ3v) is 6.26. The maximum absolute atomic E-state index is 12.3. The van der Waals surface area contributed by atoms with E-state index in [0.29, 0.717) is 16.8 Å². The molecule has 0 spiro atoms. The van der Waals surface area contributed by atoms with Crippen LogP contribution in [0.3, 0.4) is 0 Å². The van der Waals surface area contributed by atoms with E-state index in [4.69, 9.17) is 11.8 Å². The molecule has 0 unspecified atom stereocenters. The quantitative estimate of drug-likeness (QED) is 0.360. The van der Waals surface area contributed by atoms with Crippen LogP contribution in [0, 0.1) is 5.92 Å². The van der Waals surface area contributed by atoms with Gasteiger partial charge in [-0.3, -0.25) is 14.0 Å². The molecule has 27 heavy (non-hydrogen) atoms. The number of rotatable bonds is 9. The fourth-order valence-electron chi connectivity index (χ4n) is 2.74. The van der Waals surface area contributed by atoms with E-state index in [-0.39, 0.29) is 35.5 Å². The van der Waals surface area contributed by atoms with Crippen molar-refractivity contribution >= 4 is 38.9 Å². The zero-order chi connectivity index (χ0) is 19.4. The standard InChI is InChI=1S/C20H20ClNO4S/c21-22(14-27(25,26)13-15-4-2-1-3-5-15)18-10-8-17(9-11-18)20(24)12-19(23)16-6-7-16/h1-5,8-11,16H,6-7,12-14H2. The molecular formula is C20H20ClNO4S. The van der Waals surface area contributed by atoms with Crippen LogP contribution >= 0.6 is 11.8 Å². The normalized spacial score (nSPS) is 14.0. The Labute approximate surface area is 164 Å². The molecule has 0 saturated heterocycles. The van der Waals surface area contributed by atoms with Gasteiger partial charge in [0.05, 0.1) is 17.9 Å². The van der Waals surface area contributed by atoms with E-state index in [1.54, 1.807) is 48.5 Å². The first-order chi connectivity index (χ1) is 12.8. The summed E-state index contributed by atoms with van der Waals surface area (Å²) in [5.74, 6) is -0.624. The molecule has 0 radical (unpaired) electrons. The summed E-state index contributed by atoms with van der Waals surface area (Å²) in [4.78, 5) is 23.9. The summed E-state index contributed by atoms with van der Waals surface area (Å²) in [6.45, 7) is 0. The molecule has 0 aliphatic heterocycles. The molecule has 1 aliphatic rings. The van der Waals surface area contributed by atoms with E-state index in [9.17, 15) is 18.0 Å². The molecular weight excluding hydrogens is 386 g/mol. The van der Waals surface area contributed by atoms with Crippen LogP contribution in [0.4, 0.5) is 5.69 Å². The van der Waals surface area contributed by atoms with Crippen molar-refractivity contribution in [2.75, 3.05) is 10.3 Å². The van der Waals surface area contributed by atoms with Gasteiger partial charge in [0, 0.05) is 23.3 Å². The second kappa shape index (κ2) is 8.23. The van der Waals surface area contributed by atoms with Gasteiger partial charge in [-0.05, 0) is 42.7 Å². The highest BCUT2D eigenvalue weighted by molar-refractivity contribution is 7.90. The van der Waals surface area contributed by atoms with Gasteiger partial charge < -0.3 is 0 Å². The minimum Gasteiger partial charge on any atom is -0.299 e. The summed E-state index contributed by atoms with van der Waals surface area (Å²) < 4.78 is 25.8. The molecule has 2 aromatic carbocycles. The van der Waals surface area contributed by atoms with E-state index >= 15 is 0 Å². The molecule has 1 aliphatic carbocycles. The van der Waals surface area contributed by atoms with Crippen molar-refractivity contribution < 1.29 is 18.0 Å². The number of halogens is 1. The molecule has 0 N–H and O–H groups in total. The largest absolute Gasteiger partial charge is 0.299 e. The van der Waals surface area contributed by atoms with E-state index in [0.717, 1.165) is 17.3 Å². The Balaban J connectivity index is 1.60. The molecule has 1 fully saturated rings. The molecule has 3 rings (SSSR count). The highest BCUT2D eigenvalue weighted by atomic mass is 35.5. The van der Waals surface area contributed by atoms with Crippen LogP contribution in [-0.2, 0) is 20.4 Å². The van der Waals surface area contributed by atoms with Crippen LogP contribution in [0.15, 0.2) is 54.6 Å². The van der Waals surface area contributed by atoms with Gasteiger partial charge in [0.2, 0.25) is 0 Å². The Morgan fingerprint density at radius 3 is 2.22 bits per heavy atom. The van der Waals surface area contributed by atoms with Gasteiger partial charge in [0.25, 0.3) is 0 Å². The number of sulfone groups is 1. The Morgan fingerprint density at radius 2 is 1.63 bits per heavy atom. The Bertz CT molecular complexity index is 922. The maximum atomic E-state index is 12.3. The second-order valence-corrected chi connectivity index (χ2v) is 9.19. The zero-order valence-corrected chi connectivity index (χ0v) is 16.2.